The van der Waals surface area contributed by atoms with Gasteiger partial charge in [0.05, 0.1) is 13.2 Å². The van der Waals surface area contributed by atoms with Crippen LogP contribution in [0.5, 0.6) is 0 Å². The van der Waals surface area contributed by atoms with Gasteiger partial charge >= 0.3 is 0 Å². The number of hydrogen-bond acceptors (Lipinski definition) is 6. The average Bonchev–Trinajstić information content (AvgIpc) is 2.27. The standard InChI is InChI=1S/C9H15F2N5O/c1-13-7-4-8(15-9(12)14-7)16(2-3-17)5-6(10)11/h4,6,17H,2-3,5H2,1H3,(H3,12,13,14,15). The van der Waals surface area contributed by atoms with Crippen LogP contribution in [0.3, 0.4) is 0 Å². The van der Waals surface area contributed by atoms with E-state index in [1.165, 1.54) is 11.0 Å². The van der Waals surface area contributed by atoms with Crippen molar-refractivity contribution in [2.75, 3.05) is 42.7 Å². The number of anilines is 3. The van der Waals surface area contributed by atoms with E-state index in [1.54, 1.807) is 7.05 Å². The molecule has 0 aliphatic rings. The molecule has 1 aromatic rings. The minimum absolute atomic E-state index is 0.0101. The van der Waals surface area contributed by atoms with Crippen molar-refractivity contribution < 1.29 is 13.9 Å². The van der Waals surface area contributed by atoms with E-state index in [4.69, 9.17) is 10.8 Å². The number of nitrogens with one attached hydrogen (secondary N) is 1. The van der Waals surface area contributed by atoms with Crippen molar-refractivity contribution in [3.63, 3.8) is 0 Å². The highest BCUT2D eigenvalue weighted by atomic mass is 19.3. The summed E-state index contributed by atoms with van der Waals surface area (Å²) in [4.78, 5) is 8.97. The zero-order valence-corrected chi connectivity index (χ0v) is 9.40. The average molecular weight is 247 g/mol. The maximum atomic E-state index is 12.4. The molecule has 4 N–H and O–H groups in total. The maximum absolute atomic E-state index is 12.4. The fourth-order valence-electron chi connectivity index (χ4n) is 1.33. The summed E-state index contributed by atoms with van der Waals surface area (Å²) in [5.74, 6) is 0.685. The molecule has 1 rings (SSSR count). The minimum atomic E-state index is -2.52. The molecule has 0 bridgehead atoms. The highest BCUT2D eigenvalue weighted by molar-refractivity contribution is 5.52. The molecular weight excluding hydrogens is 232 g/mol. The van der Waals surface area contributed by atoms with E-state index in [0.29, 0.717) is 5.82 Å². The molecule has 0 amide bonds. The Kier molecular flexibility index (Phi) is 4.83. The Morgan fingerprint density at radius 1 is 1.53 bits per heavy atom. The summed E-state index contributed by atoms with van der Waals surface area (Å²) in [6.45, 7) is -0.699. The second-order valence-electron chi connectivity index (χ2n) is 3.28. The molecule has 6 nitrogen and oxygen atoms in total. The van der Waals surface area contributed by atoms with Crippen LogP contribution in [0.15, 0.2) is 6.07 Å². The van der Waals surface area contributed by atoms with E-state index in [9.17, 15) is 8.78 Å². The SMILES string of the molecule is CNc1cc(N(CCO)CC(F)F)nc(N)n1. The predicted octanol–water partition coefficient (Wildman–Crippen LogP) is 0.164. The molecule has 17 heavy (non-hydrogen) atoms. The van der Waals surface area contributed by atoms with E-state index in [-0.39, 0.29) is 24.9 Å². The van der Waals surface area contributed by atoms with Crippen LogP contribution in [0.25, 0.3) is 0 Å². The van der Waals surface area contributed by atoms with Crippen LogP contribution in [-0.2, 0) is 0 Å². The Balaban J connectivity index is 2.95. The molecule has 0 aliphatic carbocycles. The first-order chi connectivity index (χ1) is 8.06. The van der Waals surface area contributed by atoms with Gasteiger partial charge in [0.25, 0.3) is 6.43 Å². The molecule has 0 atom stereocenters. The summed E-state index contributed by atoms with van der Waals surface area (Å²) in [7, 11) is 1.63. The number of aromatic nitrogens is 2. The van der Waals surface area contributed by atoms with Gasteiger partial charge in [0.1, 0.15) is 11.6 Å². The molecule has 0 saturated heterocycles. The van der Waals surface area contributed by atoms with Gasteiger partial charge in [-0.05, 0) is 0 Å². The van der Waals surface area contributed by atoms with E-state index in [1.807, 2.05) is 0 Å². The van der Waals surface area contributed by atoms with E-state index in [0.717, 1.165) is 0 Å². The zero-order valence-electron chi connectivity index (χ0n) is 9.40. The van der Waals surface area contributed by atoms with Gasteiger partial charge in [-0.25, -0.2) is 8.78 Å². The van der Waals surface area contributed by atoms with Crippen LogP contribution < -0.4 is 16.0 Å². The molecule has 1 heterocycles. The first kappa shape index (κ1) is 13.4. The molecule has 0 saturated carbocycles. The number of alkyl halides is 2. The molecular formula is C9H15F2N5O. The number of rotatable bonds is 6. The summed E-state index contributed by atoms with van der Waals surface area (Å²) < 4.78 is 24.7. The number of hydrogen-bond donors (Lipinski definition) is 3. The van der Waals surface area contributed by atoms with Crippen molar-refractivity contribution in [1.82, 2.24) is 9.97 Å². The molecule has 0 aromatic carbocycles. The number of aliphatic hydroxyl groups excluding tert-OH is 1. The third-order valence-electron chi connectivity index (χ3n) is 2.04. The lowest BCUT2D eigenvalue weighted by Gasteiger charge is -2.22. The van der Waals surface area contributed by atoms with Crippen molar-refractivity contribution in [3.05, 3.63) is 6.07 Å². The molecule has 0 aliphatic heterocycles. The van der Waals surface area contributed by atoms with Crippen molar-refractivity contribution in [2.24, 2.45) is 0 Å². The van der Waals surface area contributed by atoms with Crippen LogP contribution in [0.1, 0.15) is 0 Å². The lowest BCUT2D eigenvalue weighted by Crippen LogP contribution is -2.32. The number of nitrogens with zero attached hydrogens (tertiary/aromatic N) is 3. The highest BCUT2D eigenvalue weighted by Gasteiger charge is 2.15. The molecule has 0 unspecified atom stereocenters. The van der Waals surface area contributed by atoms with Crippen molar-refractivity contribution >= 4 is 17.6 Å². The van der Waals surface area contributed by atoms with E-state index >= 15 is 0 Å². The normalized spacial score (nSPS) is 10.6. The molecule has 0 radical (unpaired) electrons. The van der Waals surface area contributed by atoms with Gasteiger partial charge in [-0.2, -0.15) is 9.97 Å². The Bertz CT molecular complexity index is 363. The summed E-state index contributed by atoms with van der Waals surface area (Å²) >= 11 is 0. The fourth-order valence-corrected chi connectivity index (χ4v) is 1.33. The molecule has 8 heteroatoms. The number of nitrogen functional groups attached to an aromatic ring is 1. The third kappa shape index (κ3) is 3.99. The minimum Gasteiger partial charge on any atom is -0.395 e. The number of halogens is 2. The second-order valence-corrected chi connectivity index (χ2v) is 3.28. The Hall–Kier alpha value is -1.70. The molecule has 1 aromatic heterocycles. The maximum Gasteiger partial charge on any atom is 0.255 e. The van der Waals surface area contributed by atoms with Crippen molar-refractivity contribution in [1.29, 1.82) is 0 Å². The summed E-state index contributed by atoms with van der Waals surface area (Å²) in [6.07, 6.45) is -2.52. The quantitative estimate of drug-likeness (QED) is 0.664. The number of nitrogens with two attached hydrogens (primary N) is 1. The van der Waals surface area contributed by atoms with Gasteiger partial charge < -0.3 is 21.1 Å². The smallest absolute Gasteiger partial charge is 0.255 e. The van der Waals surface area contributed by atoms with Gasteiger partial charge in [-0.15, -0.1) is 0 Å². The van der Waals surface area contributed by atoms with Crippen LogP contribution in [0, 0.1) is 0 Å². The molecule has 96 valence electrons. The van der Waals surface area contributed by atoms with Crippen LogP contribution in [-0.4, -0.2) is 48.2 Å². The van der Waals surface area contributed by atoms with Gasteiger partial charge in [-0.3, -0.25) is 0 Å². The van der Waals surface area contributed by atoms with Gasteiger partial charge in [0.15, 0.2) is 0 Å². The fraction of sp³-hybridized carbons (Fsp3) is 0.556. The summed E-state index contributed by atoms with van der Waals surface area (Å²) in [6, 6.07) is 1.49. The first-order valence-electron chi connectivity index (χ1n) is 5.03. The van der Waals surface area contributed by atoms with Crippen molar-refractivity contribution in [3.8, 4) is 0 Å². The largest absolute Gasteiger partial charge is 0.395 e. The van der Waals surface area contributed by atoms with Gasteiger partial charge in [0, 0.05) is 19.7 Å². The topological polar surface area (TPSA) is 87.3 Å². The third-order valence-corrected chi connectivity index (χ3v) is 2.04. The van der Waals surface area contributed by atoms with E-state index in [2.05, 4.69) is 15.3 Å². The Morgan fingerprint density at radius 3 is 2.76 bits per heavy atom. The summed E-state index contributed by atoms with van der Waals surface area (Å²) in [5.41, 5.74) is 5.46. The first-order valence-corrected chi connectivity index (χ1v) is 5.03. The van der Waals surface area contributed by atoms with Gasteiger partial charge in [0.2, 0.25) is 5.95 Å². The highest BCUT2D eigenvalue weighted by Crippen LogP contribution is 2.17. The van der Waals surface area contributed by atoms with Gasteiger partial charge in [-0.1, -0.05) is 0 Å². The molecule has 0 fully saturated rings. The number of aliphatic hydroxyl groups is 1. The predicted molar refractivity (Wildman–Crippen MR) is 61.3 cm³/mol. The van der Waals surface area contributed by atoms with Crippen LogP contribution >= 0.6 is 0 Å². The Morgan fingerprint density at radius 2 is 2.24 bits per heavy atom. The van der Waals surface area contributed by atoms with E-state index < -0.39 is 13.0 Å². The van der Waals surface area contributed by atoms with Crippen molar-refractivity contribution in [2.45, 2.75) is 6.43 Å². The Labute approximate surface area is 97.5 Å². The molecule has 0 spiro atoms. The second kappa shape index (κ2) is 6.14. The lowest BCUT2D eigenvalue weighted by molar-refractivity contribution is 0.152. The van der Waals surface area contributed by atoms with Crippen LogP contribution in [0.4, 0.5) is 26.4 Å². The zero-order chi connectivity index (χ0) is 12.8. The lowest BCUT2D eigenvalue weighted by atomic mass is 10.4. The summed E-state index contributed by atoms with van der Waals surface area (Å²) in [5, 5.41) is 11.6. The monoisotopic (exact) mass is 247 g/mol. The van der Waals surface area contributed by atoms with Crippen LogP contribution in [0.2, 0.25) is 0 Å².